The molecule has 1 N–H and O–H groups in total. The molecule has 0 unspecified atom stereocenters. The summed E-state index contributed by atoms with van der Waals surface area (Å²) in [7, 11) is 0. The molecular formula is C24H21Cl2N5O2. The van der Waals surface area contributed by atoms with Crippen LogP contribution in [0.2, 0.25) is 10.0 Å². The van der Waals surface area contributed by atoms with E-state index in [0.717, 1.165) is 31.2 Å². The van der Waals surface area contributed by atoms with Crippen molar-refractivity contribution in [1.82, 2.24) is 14.9 Å². The number of nitrogens with zero attached hydrogens (tertiary/aromatic N) is 4. The van der Waals surface area contributed by atoms with Crippen molar-refractivity contribution in [3.63, 3.8) is 0 Å². The number of carbonyl (C=O) groups is 1. The van der Waals surface area contributed by atoms with Gasteiger partial charge in [0.2, 0.25) is 11.8 Å². The smallest absolute Gasteiger partial charge is 0.268 e. The van der Waals surface area contributed by atoms with Crippen molar-refractivity contribution in [2.24, 2.45) is 0 Å². The maximum Gasteiger partial charge on any atom is 0.268 e. The first-order chi connectivity index (χ1) is 16.1. The molecule has 3 aliphatic rings. The largest absolute Gasteiger partial charge is 0.455 e. The standard InChI is InChI=1S/C24H21Cl2N5O2/c25-19-2-1-3-20(26)21(19)31-13-33-22-18(23(31)32)11-27-24(29-22)28-16-5-4-14-8-9-30(17-6-7-17)12-15(14)10-16/h1-5,10-11,17H,6-9,12-13H2,(H,27,28,29). The predicted octanol–water partition coefficient (Wildman–Crippen LogP) is 5.04. The van der Waals surface area contributed by atoms with Gasteiger partial charge in [0.1, 0.15) is 5.56 Å². The van der Waals surface area contributed by atoms with E-state index in [0.29, 0.717) is 21.7 Å². The van der Waals surface area contributed by atoms with Crippen LogP contribution < -0.4 is 15.0 Å². The number of fused-ring (bicyclic) bond motifs is 2. The Morgan fingerprint density at radius 1 is 1.09 bits per heavy atom. The molecule has 1 aliphatic carbocycles. The van der Waals surface area contributed by atoms with Gasteiger partial charge in [0, 0.05) is 31.0 Å². The number of halogens is 2. The Labute approximate surface area is 201 Å². The Balaban J connectivity index is 1.22. The van der Waals surface area contributed by atoms with Crippen LogP contribution in [0.5, 0.6) is 5.88 Å². The van der Waals surface area contributed by atoms with E-state index >= 15 is 0 Å². The quantitative estimate of drug-likeness (QED) is 0.562. The fourth-order valence-corrected chi connectivity index (χ4v) is 5.06. The van der Waals surface area contributed by atoms with Gasteiger partial charge in [0.05, 0.1) is 15.7 Å². The first kappa shape index (κ1) is 20.7. The third-order valence-corrected chi connectivity index (χ3v) is 6.94. The summed E-state index contributed by atoms with van der Waals surface area (Å²) in [6.45, 7) is 2.08. The second-order valence-corrected chi connectivity index (χ2v) is 9.36. The van der Waals surface area contributed by atoms with Crippen LogP contribution in [-0.2, 0) is 13.0 Å². The van der Waals surface area contributed by atoms with Gasteiger partial charge in [-0.2, -0.15) is 4.98 Å². The van der Waals surface area contributed by atoms with Crippen molar-refractivity contribution in [3.8, 4) is 5.88 Å². The van der Waals surface area contributed by atoms with Gasteiger partial charge in [0.25, 0.3) is 5.91 Å². The van der Waals surface area contributed by atoms with E-state index in [-0.39, 0.29) is 24.1 Å². The summed E-state index contributed by atoms with van der Waals surface area (Å²) >= 11 is 12.5. The molecule has 0 saturated heterocycles. The molecule has 3 heterocycles. The minimum Gasteiger partial charge on any atom is -0.455 e. The van der Waals surface area contributed by atoms with Crippen LogP contribution >= 0.6 is 23.2 Å². The van der Waals surface area contributed by atoms with Gasteiger partial charge in [-0.15, -0.1) is 0 Å². The van der Waals surface area contributed by atoms with Crippen LogP contribution in [-0.4, -0.2) is 40.1 Å². The Kier molecular flexibility index (Phi) is 5.13. The second-order valence-electron chi connectivity index (χ2n) is 8.55. The van der Waals surface area contributed by atoms with Gasteiger partial charge in [0.15, 0.2) is 6.73 Å². The zero-order valence-corrected chi connectivity index (χ0v) is 19.2. The average Bonchev–Trinajstić information content (AvgIpc) is 3.65. The zero-order valence-electron chi connectivity index (χ0n) is 17.7. The Morgan fingerprint density at radius 2 is 1.91 bits per heavy atom. The van der Waals surface area contributed by atoms with Gasteiger partial charge in [-0.1, -0.05) is 35.3 Å². The lowest BCUT2D eigenvalue weighted by Gasteiger charge is -2.29. The Hall–Kier alpha value is -2.87. The number of ether oxygens (including phenoxy) is 1. The summed E-state index contributed by atoms with van der Waals surface area (Å²) in [6, 6.07) is 12.2. The normalized spacial score (nSPS) is 17.9. The van der Waals surface area contributed by atoms with E-state index in [1.54, 1.807) is 18.2 Å². The molecule has 0 spiro atoms. The van der Waals surface area contributed by atoms with E-state index < -0.39 is 0 Å². The predicted molar refractivity (Wildman–Crippen MR) is 128 cm³/mol. The lowest BCUT2D eigenvalue weighted by atomic mass is 9.99. The molecule has 0 radical (unpaired) electrons. The Bertz CT molecular complexity index is 1240. The van der Waals surface area contributed by atoms with E-state index in [1.165, 1.54) is 35.1 Å². The number of aromatic nitrogens is 2. The molecule has 1 saturated carbocycles. The molecule has 1 amide bonds. The summed E-state index contributed by atoms with van der Waals surface area (Å²) in [5, 5.41) is 3.99. The zero-order chi connectivity index (χ0) is 22.5. The number of carbonyl (C=O) groups excluding carboxylic acids is 1. The van der Waals surface area contributed by atoms with Crippen molar-refractivity contribution >= 4 is 46.4 Å². The molecule has 168 valence electrons. The molecule has 2 aromatic carbocycles. The lowest BCUT2D eigenvalue weighted by molar-refractivity contribution is 0.0932. The molecule has 1 fully saturated rings. The number of rotatable bonds is 4. The highest BCUT2D eigenvalue weighted by molar-refractivity contribution is 6.40. The molecule has 2 aliphatic heterocycles. The molecule has 0 bridgehead atoms. The van der Waals surface area contributed by atoms with Gasteiger partial charge in [-0.05, 0) is 54.7 Å². The van der Waals surface area contributed by atoms with E-state index in [1.807, 2.05) is 6.07 Å². The highest BCUT2D eigenvalue weighted by Gasteiger charge is 2.32. The molecule has 0 atom stereocenters. The van der Waals surface area contributed by atoms with Crippen LogP contribution in [0.3, 0.4) is 0 Å². The van der Waals surface area contributed by atoms with E-state index in [2.05, 4.69) is 32.3 Å². The first-order valence-corrected chi connectivity index (χ1v) is 11.7. The van der Waals surface area contributed by atoms with Crippen LogP contribution in [0.15, 0.2) is 42.6 Å². The summed E-state index contributed by atoms with van der Waals surface area (Å²) in [4.78, 5) is 25.8. The molecule has 33 heavy (non-hydrogen) atoms. The third kappa shape index (κ3) is 3.90. The summed E-state index contributed by atoms with van der Waals surface area (Å²) < 4.78 is 5.78. The van der Waals surface area contributed by atoms with Crippen molar-refractivity contribution in [1.29, 1.82) is 0 Å². The fourth-order valence-electron chi connectivity index (χ4n) is 4.46. The maximum absolute atomic E-state index is 13.1. The van der Waals surface area contributed by atoms with Gasteiger partial charge in [-0.25, -0.2) is 4.98 Å². The summed E-state index contributed by atoms with van der Waals surface area (Å²) in [6.07, 6.45) is 5.19. The number of para-hydroxylation sites is 1. The maximum atomic E-state index is 13.1. The second kappa shape index (κ2) is 8.17. The molecular weight excluding hydrogens is 461 g/mol. The number of hydrogen-bond acceptors (Lipinski definition) is 6. The van der Waals surface area contributed by atoms with Gasteiger partial charge >= 0.3 is 0 Å². The van der Waals surface area contributed by atoms with Crippen molar-refractivity contribution in [2.75, 3.05) is 23.5 Å². The van der Waals surface area contributed by atoms with E-state index in [9.17, 15) is 4.79 Å². The van der Waals surface area contributed by atoms with Gasteiger partial charge < -0.3 is 10.1 Å². The molecule has 1 aromatic heterocycles. The Morgan fingerprint density at radius 3 is 2.70 bits per heavy atom. The number of amides is 1. The van der Waals surface area contributed by atoms with E-state index in [4.69, 9.17) is 27.9 Å². The molecule has 6 rings (SSSR count). The summed E-state index contributed by atoms with van der Waals surface area (Å²) in [5.74, 6) is 0.294. The number of nitrogens with one attached hydrogen (secondary N) is 1. The SMILES string of the molecule is O=C1c2cnc(Nc3ccc4c(c3)CN(C3CC3)CC4)nc2OCN1c1c(Cl)cccc1Cl. The lowest BCUT2D eigenvalue weighted by Crippen LogP contribution is -2.39. The average molecular weight is 482 g/mol. The molecule has 7 nitrogen and oxygen atoms in total. The minimum absolute atomic E-state index is 0.0401. The summed E-state index contributed by atoms with van der Waals surface area (Å²) in [5.41, 5.74) is 4.32. The third-order valence-electron chi connectivity index (χ3n) is 6.33. The fraction of sp³-hybridized carbons (Fsp3) is 0.292. The highest BCUT2D eigenvalue weighted by atomic mass is 35.5. The van der Waals surface area contributed by atoms with Crippen LogP contribution in [0.25, 0.3) is 0 Å². The van der Waals surface area contributed by atoms with Crippen molar-refractivity contribution in [2.45, 2.75) is 31.8 Å². The minimum atomic E-state index is -0.313. The number of hydrogen-bond donors (Lipinski definition) is 1. The first-order valence-electron chi connectivity index (χ1n) is 11.0. The topological polar surface area (TPSA) is 70.6 Å². The number of anilines is 3. The van der Waals surface area contributed by atoms with Gasteiger partial charge in [-0.3, -0.25) is 14.6 Å². The molecule has 3 aromatic rings. The van der Waals surface area contributed by atoms with Crippen molar-refractivity contribution in [3.05, 3.63) is 69.3 Å². The monoisotopic (exact) mass is 481 g/mol. The van der Waals surface area contributed by atoms with Crippen LogP contribution in [0.1, 0.15) is 34.3 Å². The number of benzene rings is 2. The van der Waals surface area contributed by atoms with Crippen LogP contribution in [0, 0.1) is 0 Å². The van der Waals surface area contributed by atoms with Crippen molar-refractivity contribution < 1.29 is 9.53 Å². The van der Waals surface area contributed by atoms with Crippen LogP contribution in [0.4, 0.5) is 17.3 Å². The highest BCUT2D eigenvalue weighted by Crippen LogP contribution is 2.37. The molecule has 9 heteroatoms.